The maximum absolute atomic E-state index is 9.13. The third-order valence-corrected chi connectivity index (χ3v) is 1.52. The van der Waals surface area contributed by atoms with Crippen molar-refractivity contribution < 1.29 is 5.11 Å². The summed E-state index contributed by atoms with van der Waals surface area (Å²) in [6.07, 6.45) is 1.70. The Kier molecular flexibility index (Phi) is 11.3. The molecular weight excluding hydrogens is 138 g/mol. The summed E-state index contributed by atoms with van der Waals surface area (Å²) in [5.41, 5.74) is -0.417. The molecule has 0 unspecified atom stereocenters. The summed E-state index contributed by atoms with van der Waals surface area (Å²) < 4.78 is 0. The second-order valence-corrected chi connectivity index (χ2v) is 2.20. The third kappa shape index (κ3) is 8.21. The highest BCUT2D eigenvalue weighted by atomic mass is 35.5. The van der Waals surface area contributed by atoms with Crippen molar-refractivity contribution >= 4 is 12.4 Å². The Balaban J connectivity index is -0.000000180. The average Bonchev–Trinajstić information content (AvgIpc) is 1.68. The lowest BCUT2D eigenvalue weighted by molar-refractivity contribution is 0.0521. The number of rotatable bonds is 2. The van der Waals surface area contributed by atoms with E-state index in [0.29, 0.717) is 0 Å². The fourth-order valence-electron chi connectivity index (χ4n) is 0.250. The van der Waals surface area contributed by atoms with Crippen molar-refractivity contribution in [3.05, 3.63) is 0 Å². The molecule has 2 nitrogen and oxygen atoms in total. The molecule has 0 heterocycles. The van der Waals surface area contributed by atoms with Gasteiger partial charge in [-0.05, 0) is 19.8 Å². The van der Waals surface area contributed by atoms with Crippen LogP contribution in [0, 0.1) is 0 Å². The maximum atomic E-state index is 9.13. The van der Waals surface area contributed by atoms with E-state index in [4.69, 9.17) is 5.11 Å². The van der Waals surface area contributed by atoms with Gasteiger partial charge >= 0.3 is 0 Å². The van der Waals surface area contributed by atoms with Crippen molar-refractivity contribution in [2.75, 3.05) is 0 Å². The van der Waals surface area contributed by atoms with Gasteiger partial charge in [0.2, 0.25) is 0 Å². The zero-order valence-corrected chi connectivity index (χ0v) is 7.29. The monoisotopic (exact) mass is 155 g/mol. The van der Waals surface area contributed by atoms with Crippen molar-refractivity contribution in [1.82, 2.24) is 6.15 Å². The molecule has 0 fully saturated rings. The molecule has 0 spiro atoms. The summed E-state index contributed by atoms with van der Waals surface area (Å²) in [5, 5.41) is 9.13. The van der Waals surface area contributed by atoms with Crippen molar-refractivity contribution in [2.24, 2.45) is 0 Å². The molecule has 0 bridgehead atoms. The summed E-state index contributed by atoms with van der Waals surface area (Å²) in [6.45, 7) is 5.83. The van der Waals surface area contributed by atoms with Crippen LogP contribution in [0.25, 0.3) is 0 Å². The minimum absolute atomic E-state index is 0. The van der Waals surface area contributed by atoms with Crippen LogP contribution in [0.5, 0.6) is 0 Å². The maximum Gasteiger partial charge on any atom is 0.0614 e. The summed E-state index contributed by atoms with van der Waals surface area (Å²) in [6, 6.07) is 0. The van der Waals surface area contributed by atoms with Crippen LogP contribution < -0.4 is 6.15 Å². The molecule has 0 aromatic heterocycles. The number of hydrogen-bond donors (Lipinski definition) is 2. The average molecular weight is 156 g/mol. The lowest BCUT2D eigenvalue weighted by atomic mass is 10.0. The van der Waals surface area contributed by atoms with Crippen LogP contribution in [0.2, 0.25) is 0 Å². The minimum Gasteiger partial charge on any atom is -0.390 e. The van der Waals surface area contributed by atoms with Crippen LogP contribution in [0.3, 0.4) is 0 Å². The van der Waals surface area contributed by atoms with Gasteiger partial charge in [0.1, 0.15) is 0 Å². The largest absolute Gasteiger partial charge is 0.390 e. The molecule has 0 aliphatic rings. The number of aliphatic hydroxyl groups is 1. The van der Waals surface area contributed by atoms with Crippen molar-refractivity contribution in [1.29, 1.82) is 0 Å². The number of halogens is 1. The van der Waals surface area contributed by atoms with Gasteiger partial charge in [0.05, 0.1) is 5.60 Å². The molecular formula is C6H18ClNO. The van der Waals surface area contributed by atoms with E-state index in [1.807, 2.05) is 20.8 Å². The Labute approximate surface area is 63.6 Å². The van der Waals surface area contributed by atoms with E-state index in [1.165, 1.54) is 0 Å². The Morgan fingerprint density at radius 1 is 1.22 bits per heavy atom. The van der Waals surface area contributed by atoms with E-state index in [2.05, 4.69) is 0 Å². The van der Waals surface area contributed by atoms with Crippen LogP contribution >= 0.6 is 12.4 Å². The molecule has 60 valence electrons. The highest BCUT2D eigenvalue weighted by molar-refractivity contribution is 5.85. The zero-order valence-electron chi connectivity index (χ0n) is 6.48. The van der Waals surface area contributed by atoms with Crippen molar-refractivity contribution in [2.45, 2.75) is 39.2 Å². The molecule has 0 atom stereocenters. The Hall–Kier alpha value is 0.210. The van der Waals surface area contributed by atoms with Crippen LogP contribution in [-0.4, -0.2) is 10.7 Å². The van der Waals surface area contributed by atoms with Crippen molar-refractivity contribution in [3.63, 3.8) is 0 Å². The first-order valence-corrected chi connectivity index (χ1v) is 2.84. The van der Waals surface area contributed by atoms with Gasteiger partial charge in [-0.2, -0.15) is 0 Å². The van der Waals surface area contributed by atoms with Gasteiger partial charge in [-0.1, -0.05) is 13.8 Å². The molecule has 0 aliphatic heterocycles. The van der Waals surface area contributed by atoms with Gasteiger partial charge in [-0.15, -0.1) is 12.4 Å². The van der Waals surface area contributed by atoms with Gasteiger partial charge in [0, 0.05) is 0 Å². The first-order chi connectivity index (χ1) is 3.12. The minimum atomic E-state index is -0.417. The topological polar surface area (TPSA) is 55.2 Å². The van der Waals surface area contributed by atoms with Gasteiger partial charge < -0.3 is 11.3 Å². The Bertz CT molecular complexity index is 51.0. The summed E-state index contributed by atoms with van der Waals surface area (Å²) in [5.74, 6) is 0. The SMILES string of the molecule is CCC(C)(O)CC.Cl.N. The Morgan fingerprint density at radius 2 is 1.44 bits per heavy atom. The predicted molar refractivity (Wildman–Crippen MR) is 43.5 cm³/mol. The summed E-state index contributed by atoms with van der Waals surface area (Å²) >= 11 is 0. The zero-order chi connectivity index (χ0) is 5.91. The predicted octanol–water partition coefficient (Wildman–Crippen LogP) is 2.14. The van der Waals surface area contributed by atoms with E-state index in [0.717, 1.165) is 12.8 Å². The molecule has 9 heavy (non-hydrogen) atoms. The molecule has 4 N–H and O–H groups in total. The Morgan fingerprint density at radius 3 is 1.44 bits per heavy atom. The molecule has 3 heteroatoms. The van der Waals surface area contributed by atoms with Gasteiger partial charge in [-0.25, -0.2) is 0 Å². The van der Waals surface area contributed by atoms with Crippen LogP contribution in [-0.2, 0) is 0 Å². The second kappa shape index (κ2) is 6.33. The third-order valence-electron chi connectivity index (χ3n) is 1.52. The fourth-order valence-corrected chi connectivity index (χ4v) is 0.250. The van der Waals surface area contributed by atoms with Gasteiger partial charge in [0.15, 0.2) is 0 Å². The lowest BCUT2D eigenvalue weighted by Crippen LogP contribution is -2.20. The normalized spacial score (nSPS) is 9.33. The molecule has 0 aliphatic carbocycles. The lowest BCUT2D eigenvalue weighted by Gasteiger charge is -2.17. The van der Waals surface area contributed by atoms with E-state index in [1.54, 1.807) is 0 Å². The van der Waals surface area contributed by atoms with Crippen molar-refractivity contribution in [3.8, 4) is 0 Å². The van der Waals surface area contributed by atoms with E-state index in [-0.39, 0.29) is 18.6 Å². The highest BCUT2D eigenvalue weighted by Crippen LogP contribution is 2.11. The standard InChI is InChI=1S/C6H14O.ClH.H3N/c1-4-6(3,7)5-2;;/h7H,4-5H2,1-3H3;1H;1H3. The fraction of sp³-hybridized carbons (Fsp3) is 1.00. The first-order valence-electron chi connectivity index (χ1n) is 2.84. The molecule has 0 saturated carbocycles. The van der Waals surface area contributed by atoms with E-state index in [9.17, 15) is 0 Å². The van der Waals surface area contributed by atoms with Crippen LogP contribution in [0.1, 0.15) is 33.6 Å². The summed E-state index contributed by atoms with van der Waals surface area (Å²) in [4.78, 5) is 0. The molecule has 0 aromatic rings. The number of hydrogen-bond acceptors (Lipinski definition) is 2. The molecule has 0 radical (unpaired) electrons. The highest BCUT2D eigenvalue weighted by Gasteiger charge is 2.12. The van der Waals surface area contributed by atoms with Crippen LogP contribution in [0.15, 0.2) is 0 Å². The quantitative estimate of drug-likeness (QED) is 0.642. The van der Waals surface area contributed by atoms with Crippen LogP contribution in [0.4, 0.5) is 0 Å². The van der Waals surface area contributed by atoms with E-state index < -0.39 is 5.60 Å². The second-order valence-electron chi connectivity index (χ2n) is 2.20. The van der Waals surface area contributed by atoms with Gasteiger partial charge in [-0.3, -0.25) is 0 Å². The summed E-state index contributed by atoms with van der Waals surface area (Å²) in [7, 11) is 0. The molecule has 0 rings (SSSR count). The first kappa shape index (κ1) is 16.1. The van der Waals surface area contributed by atoms with Gasteiger partial charge in [0.25, 0.3) is 0 Å². The van der Waals surface area contributed by atoms with E-state index >= 15 is 0 Å². The molecule has 0 saturated heterocycles. The molecule has 0 amide bonds. The smallest absolute Gasteiger partial charge is 0.0614 e. The molecule has 0 aromatic carbocycles.